The molecule has 2 heterocycles. The highest BCUT2D eigenvalue weighted by Gasteiger charge is 2.25. The molecule has 0 saturated heterocycles. The zero-order chi connectivity index (χ0) is 20.4. The highest BCUT2D eigenvalue weighted by Crippen LogP contribution is 2.38. The van der Waals surface area contributed by atoms with Gasteiger partial charge in [-0.05, 0) is 43.4 Å². The Bertz CT molecular complexity index is 1080. The zero-order valence-corrected chi connectivity index (χ0v) is 18.0. The van der Waals surface area contributed by atoms with E-state index < -0.39 is 4.92 Å². The molecule has 0 N–H and O–H groups in total. The molecule has 0 fully saturated rings. The van der Waals surface area contributed by atoms with Crippen molar-refractivity contribution in [1.29, 1.82) is 0 Å². The van der Waals surface area contributed by atoms with E-state index in [-0.39, 0.29) is 11.6 Å². The van der Waals surface area contributed by atoms with Crippen molar-refractivity contribution < 1.29 is 9.72 Å². The van der Waals surface area contributed by atoms with Crippen LogP contribution in [0.25, 0.3) is 0 Å². The Labute approximate surface area is 180 Å². The van der Waals surface area contributed by atoms with Crippen LogP contribution in [0.15, 0.2) is 62.0 Å². The normalized spacial score (nSPS) is 13.6. The van der Waals surface area contributed by atoms with Crippen LogP contribution < -0.4 is 4.90 Å². The molecule has 0 bridgehead atoms. The van der Waals surface area contributed by atoms with E-state index in [1.807, 2.05) is 36.6 Å². The molecular formula is C20H17N3O3S3. The minimum absolute atomic E-state index is 0.0776. The summed E-state index contributed by atoms with van der Waals surface area (Å²) in [6.07, 6.45) is 0.866. The van der Waals surface area contributed by atoms with E-state index in [0.717, 1.165) is 32.8 Å². The number of aryl methyl sites for hydroxylation is 1. The maximum atomic E-state index is 13.2. The van der Waals surface area contributed by atoms with Crippen LogP contribution in [0, 0.1) is 17.0 Å². The minimum Gasteiger partial charge on any atom is -0.307 e. The molecule has 3 aromatic rings. The first-order valence-corrected chi connectivity index (χ1v) is 11.6. The Morgan fingerprint density at radius 2 is 2.10 bits per heavy atom. The molecule has 1 aliphatic rings. The number of thioether (sulfide) groups is 1. The number of carbonyl (C=O) groups is 1. The monoisotopic (exact) mass is 443 g/mol. The Hall–Kier alpha value is -2.36. The molecule has 0 unspecified atom stereocenters. The summed E-state index contributed by atoms with van der Waals surface area (Å²) in [5.74, 6) is 0.716. The first kappa shape index (κ1) is 19.9. The number of hydrogen-bond acceptors (Lipinski definition) is 7. The summed E-state index contributed by atoms with van der Waals surface area (Å²) in [6.45, 7) is 2.47. The molecule has 29 heavy (non-hydrogen) atoms. The van der Waals surface area contributed by atoms with Gasteiger partial charge in [-0.2, -0.15) is 0 Å². The average Bonchev–Trinajstić information content (AvgIpc) is 3.00. The highest BCUT2D eigenvalue weighted by atomic mass is 32.2. The van der Waals surface area contributed by atoms with Crippen LogP contribution in [0.2, 0.25) is 0 Å². The number of anilines is 1. The number of nitro groups is 1. The second-order valence-electron chi connectivity index (χ2n) is 6.42. The fraction of sp³-hybridized carbons (Fsp3) is 0.200. The Morgan fingerprint density at radius 3 is 2.86 bits per heavy atom. The first-order chi connectivity index (χ1) is 14.0. The summed E-state index contributed by atoms with van der Waals surface area (Å²) >= 11 is 4.42. The summed E-state index contributed by atoms with van der Waals surface area (Å²) in [5, 5.41) is 13.6. The van der Waals surface area contributed by atoms with Gasteiger partial charge in [-0.25, -0.2) is 4.98 Å². The van der Waals surface area contributed by atoms with E-state index in [4.69, 9.17) is 0 Å². The molecule has 9 heteroatoms. The van der Waals surface area contributed by atoms with Gasteiger partial charge in [-0.15, -0.1) is 23.1 Å². The summed E-state index contributed by atoms with van der Waals surface area (Å²) in [6, 6.07) is 12.5. The molecule has 148 valence electrons. The molecule has 1 aliphatic heterocycles. The number of aromatic nitrogens is 1. The molecule has 0 aliphatic carbocycles. The smallest absolute Gasteiger partial charge is 0.284 e. The number of benzene rings is 2. The molecule has 0 spiro atoms. The molecule has 2 aromatic carbocycles. The lowest BCUT2D eigenvalue weighted by atomic mass is 10.1. The fourth-order valence-electron chi connectivity index (χ4n) is 3.05. The van der Waals surface area contributed by atoms with Crippen molar-refractivity contribution in [2.75, 3.05) is 17.2 Å². The van der Waals surface area contributed by atoms with Gasteiger partial charge in [0.25, 0.3) is 11.6 Å². The standard InChI is InChI=1S/C20H17N3O3S3/c1-13-12-28-20(21-13)29-18-8-7-14(11-16(18)23(25)26)19(24)22-9-4-10-27-17-6-3-2-5-15(17)22/h2-3,5-8,11-12H,4,9-10H2,1H3. The van der Waals surface area contributed by atoms with Crippen LogP contribution in [-0.4, -0.2) is 28.1 Å². The van der Waals surface area contributed by atoms with Crippen molar-refractivity contribution in [2.45, 2.75) is 27.5 Å². The van der Waals surface area contributed by atoms with Gasteiger partial charge in [-0.1, -0.05) is 23.9 Å². The van der Waals surface area contributed by atoms with Gasteiger partial charge < -0.3 is 4.90 Å². The number of amides is 1. The van der Waals surface area contributed by atoms with Crippen molar-refractivity contribution in [1.82, 2.24) is 4.98 Å². The molecular weight excluding hydrogens is 426 g/mol. The van der Waals surface area contributed by atoms with E-state index in [1.165, 1.54) is 29.2 Å². The van der Waals surface area contributed by atoms with Crippen molar-refractivity contribution in [2.24, 2.45) is 0 Å². The Kier molecular flexibility index (Phi) is 5.89. The van der Waals surface area contributed by atoms with E-state index in [2.05, 4.69) is 4.98 Å². The van der Waals surface area contributed by atoms with Gasteiger partial charge in [0.2, 0.25) is 0 Å². The minimum atomic E-state index is -0.439. The summed E-state index contributed by atoms with van der Waals surface area (Å²) in [5.41, 5.74) is 1.98. The number of hydrogen-bond donors (Lipinski definition) is 0. The van der Waals surface area contributed by atoms with Crippen molar-refractivity contribution >= 4 is 52.1 Å². The molecule has 0 atom stereocenters. The summed E-state index contributed by atoms with van der Waals surface area (Å²) in [4.78, 5) is 32.1. The van der Waals surface area contributed by atoms with Crippen LogP contribution in [0.3, 0.4) is 0 Å². The topological polar surface area (TPSA) is 76.3 Å². The van der Waals surface area contributed by atoms with E-state index in [0.29, 0.717) is 17.0 Å². The third-order valence-corrected chi connectivity index (χ3v) is 7.65. The van der Waals surface area contributed by atoms with E-state index in [9.17, 15) is 14.9 Å². The number of rotatable bonds is 4. The molecule has 0 saturated carbocycles. The van der Waals surface area contributed by atoms with Gasteiger partial charge >= 0.3 is 0 Å². The predicted octanol–water partition coefficient (Wildman–Crippen LogP) is 5.65. The number of para-hydroxylation sites is 1. The van der Waals surface area contributed by atoms with Crippen molar-refractivity contribution in [3.63, 3.8) is 0 Å². The van der Waals surface area contributed by atoms with Crippen molar-refractivity contribution in [3.8, 4) is 0 Å². The van der Waals surface area contributed by atoms with Gasteiger partial charge in [0.15, 0.2) is 4.34 Å². The summed E-state index contributed by atoms with van der Waals surface area (Å²) in [7, 11) is 0. The maximum Gasteiger partial charge on any atom is 0.284 e. The summed E-state index contributed by atoms with van der Waals surface area (Å²) < 4.78 is 0.739. The second-order valence-corrected chi connectivity index (χ2v) is 9.71. The largest absolute Gasteiger partial charge is 0.307 e. The Balaban J connectivity index is 1.67. The molecule has 1 amide bonds. The van der Waals surface area contributed by atoms with Gasteiger partial charge in [0.1, 0.15) is 0 Å². The molecule has 6 nitrogen and oxygen atoms in total. The fourth-order valence-corrected chi connectivity index (χ4v) is 5.92. The number of thiazole rings is 1. The van der Waals surface area contributed by atoms with Crippen molar-refractivity contribution in [3.05, 3.63) is 69.2 Å². The Morgan fingerprint density at radius 1 is 1.28 bits per heavy atom. The van der Waals surface area contributed by atoms with E-state index in [1.54, 1.807) is 28.8 Å². The highest BCUT2D eigenvalue weighted by molar-refractivity contribution is 8.01. The SMILES string of the molecule is Cc1csc(Sc2ccc(C(=O)N3CCCSc4ccccc43)cc2[N+](=O)[O-])n1. The third kappa shape index (κ3) is 4.31. The zero-order valence-electron chi connectivity index (χ0n) is 15.5. The van der Waals surface area contributed by atoms with Gasteiger partial charge in [-0.3, -0.25) is 14.9 Å². The van der Waals surface area contributed by atoms with Crippen LogP contribution in [0.5, 0.6) is 0 Å². The maximum absolute atomic E-state index is 13.2. The number of nitro benzene ring substituents is 1. The number of carbonyl (C=O) groups excluding carboxylic acids is 1. The average molecular weight is 444 g/mol. The van der Waals surface area contributed by atoms with E-state index >= 15 is 0 Å². The first-order valence-electron chi connectivity index (χ1n) is 8.95. The number of nitrogens with zero attached hydrogens (tertiary/aromatic N) is 3. The predicted molar refractivity (Wildman–Crippen MR) is 118 cm³/mol. The van der Waals surface area contributed by atoms with Crippen LogP contribution in [0.4, 0.5) is 11.4 Å². The van der Waals surface area contributed by atoms with Crippen LogP contribution >= 0.6 is 34.9 Å². The lowest BCUT2D eigenvalue weighted by molar-refractivity contribution is -0.387. The molecule has 4 rings (SSSR count). The quantitative estimate of drug-likeness (QED) is 0.383. The van der Waals surface area contributed by atoms with Gasteiger partial charge in [0.05, 0.1) is 15.5 Å². The van der Waals surface area contributed by atoms with Crippen LogP contribution in [0.1, 0.15) is 22.5 Å². The number of fused-ring (bicyclic) bond motifs is 1. The second kappa shape index (κ2) is 8.56. The lowest BCUT2D eigenvalue weighted by Crippen LogP contribution is -2.31. The van der Waals surface area contributed by atoms with Crippen LogP contribution in [-0.2, 0) is 0 Å². The third-order valence-electron chi connectivity index (χ3n) is 4.38. The molecule has 0 radical (unpaired) electrons. The lowest BCUT2D eigenvalue weighted by Gasteiger charge is -2.22. The van der Waals surface area contributed by atoms with Gasteiger partial charge in [0, 0.05) is 34.1 Å². The molecule has 1 aromatic heterocycles.